The number of halogens is 2. The standard InChI is InChI=1S/C13H15BrFNO/c1-8-5-6-10(15)11(12(8)14)13(17)16-7-3-4-9(16)2/h5-6,9H,3-4,7H2,1-2H3/t9-/m0/s1. The number of nitrogens with zero attached hydrogens (tertiary/aromatic N) is 1. The summed E-state index contributed by atoms with van der Waals surface area (Å²) in [6.07, 6.45) is 1.99. The summed E-state index contributed by atoms with van der Waals surface area (Å²) in [5.41, 5.74) is 1.04. The Kier molecular flexibility index (Phi) is 3.52. The zero-order valence-corrected chi connectivity index (χ0v) is 11.6. The summed E-state index contributed by atoms with van der Waals surface area (Å²) in [7, 11) is 0. The molecule has 1 saturated heterocycles. The number of benzene rings is 1. The van der Waals surface area contributed by atoms with Crippen LogP contribution in [0.4, 0.5) is 4.39 Å². The molecular formula is C13H15BrFNO. The Hall–Kier alpha value is -0.900. The molecule has 0 radical (unpaired) electrons. The van der Waals surface area contributed by atoms with Crippen molar-refractivity contribution in [3.05, 3.63) is 33.5 Å². The average Bonchev–Trinajstić information content (AvgIpc) is 2.70. The van der Waals surface area contributed by atoms with Crippen molar-refractivity contribution in [3.63, 3.8) is 0 Å². The summed E-state index contributed by atoms with van der Waals surface area (Å²) >= 11 is 3.31. The highest BCUT2D eigenvalue weighted by atomic mass is 79.9. The van der Waals surface area contributed by atoms with Crippen LogP contribution < -0.4 is 0 Å². The SMILES string of the molecule is Cc1ccc(F)c(C(=O)N2CCC[C@@H]2C)c1Br. The molecule has 1 atom stereocenters. The van der Waals surface area contributed by atoms with Crippen molar-refractivity contribution in [2.24, 2.45) is 0 Å². The van der Waals surface area contributed by atoms with E-state index in [0.717, 1.165) is 24.9 Å². The second-order valence-electron chi connectivity index (χ2n) is 4.54. The van der Waals surface area contributed by atoms with Gasteiger partial charge >= 0.3 is 0 Å². The van der Waals surface area contributed by atoms with Gasteiger partial charge in [-0.1, -0.05) is 6.07 Å². The van der Waals surface area contributed by atoms with Crippen LogP contribution in [0.15, 0.2) is 16.6 Å². The van der Waals surface area contributed by atoms with Crippen molar-refractivity contribution in [3.8, 4) is 0 Å². The van der Waals surface area contributed by atoms with Crippen LogP contribution in [0.3, 0.4) is 0 Å². The summed E-state index contributed by atoms with van der Waals surface area (Å²) in [5, 5.41) is 0. The van der Waals surface area contributed by atoms with Crippen molar-refractivity contribution in [2.75, 3.05) is 6.54 Å². The highest BCUT2D eigenvalue weighted by Crippen LogP contribution is 2.28. The molecule has 1 amide bonds. The first-order valence-electron chi connectivity index (χ1n) is 5.78. The molecule has 1 aliphatic rings. The number of amides is 1. The third-order valence-corrected chi connectivity index (χ3v) is 4.33. The molecule has 2 nitrogen and oxygen atoms in total. The van der Waals surface area contributed by atoms with Crippen LogP contribution in [0, 0.1) is 12.7 Å². The van der Waals surface area contributed by atoms with Gasteiger partial charge < -0.3 is 4.90 Å². The highest BCUT2D eigenvalue weighted by molar-refractivity contribution is 9.10. The van der Waals surface area contributed by atoms with Gasteiger partial charge in [0.05, 0.1) is 5.56 Å². The third-order valence-electron chi connectivity index (χ3n) is 3.31. The lowest BCUT2D eigenvalue weighted by Gasteiger charge is -2.22. The van der Waals surface area contributed by atoms with Crippen molar-refractivity contribution >= 4 is 21.8 Å². The van der Waals surface area contributed by atoms with Gasteiger partial charge in [0.2, 0.25) is 0 Å². The van der Waals surface area contributed by atoms with E-state index in [2.05, 4.69) is 15.9 Å². The van der Waals surface area contributed by atoms with Gasteiger partial charge in [-0.2, -0.15) is 0 Å². The molecule has 0 unspecified atom stereocenters. The predicted molar refractivity (Wildman–Crippen MR) is 68.6 cm³/mol. The van der Waals surface area contributed by atoms with E-state index in [9.17, 15) is 9.18 Å². The summed E-state index contributed by atoms with van der Waals surface area (Å²) < 4.78 is 14.4. The highest BCUT2D eigenvalue weighted by Gasteiger charge is 2.29. The number of hydrogen-bond acceptors (Lipinski definition) is 1. The summed E-state index contributed by atoms with van der Waals surface area (Å²) in [4.78, 5) is 14.1. The van der Waals surface area contributed by atoms with Crippen molar-refractivity contribution < 1.29 is 9.18 Å². The van der Waals surface area contributed by atoms with E-state index in [-0.39, 0.29) is 17.5 Å². The van der Waals surface area contributed by atoms with Crippen LogP contribution in [0.1, 0.15) is 35.7 Å². The van der Waals surface area contributed by atoms with Gasteiger partial charge in [0.25, 0.3) is 5.91 Å². The van der Waals surface area contributed by atoms with Crippen LogP contribution in [0.5, 0.6) is 0 Å². The number of rotatable bonds is 1. The Balaban J connectivity index is 2.40. The molecule has 0 aliphatic carbocycles. The Morgan fingerprint density at radius 1 is 1.53 bits per heavy atom. The van der Waals surface area contributed by atoms with E-state index in [4.69, 9.17) is 0 Å². The molecule has 2 rings (SSSR count). The summed E-state index contributed by atoms with van der Waals surface area (Å²) in [6.45, 7) is 4.58. The van der Waals surface area contributed by atoms with Gasteiger partial charge in [-0.15, -0.1) is 0 Å². The minimum absolute atomic E-state index is 0.166. The number of hydrogen-bond donors (Lipinski definition) is 0. The molecule has 1 aromatic carbocycles. The molecule has 17 heavy (non-hydrogen) atoms. The second-order valence-corrected chi connectivity index (χ2v) is 5.34. The zero-order chi connectivity index (χ0) is 12.6. The van der Waals surface area contributed by atoms with Crippen molar-refractivity contribution in [1.29, 1.82) is 0 Å². The topological polar surface area (TPSA) is 20.3 Å². The lowest BCUT2D eigenvalue weighted by Crippen LogP contribution is -2.34. The third kappa shape index (κ3) is 2.23. The van der Waals surface area contributed by atoms with E-state index < -0.39 is 5.82 Å². The van der Waals surface area contributed by atoms with Gasteiger partial charge in [0.15, 0.2) is 0 Å². The van der Waals surface area contributed by atoms with Gasteiger partial charge in [-0.25, -0.2) is 4.39 Å². The molecule has 0 bridgehead atoms. The lowest BCUT2D eigenvalue weighted by molar-refractivity contribution is 0.0741. The maximum atomic E-state index is 13.8. The maximum Gasteiger partial charge on any atom is 0.258 e. The molecule has 1 fully saturated rings. The second kappa shape index (κ2) is 4.77. The summed E-state index contributed by atoms with van der Waals surface area (Å²) in [6, 6.07) is 3.23. The molecule has 0 saturated carbocycles. The van der Waals surface area contributed by atoms with E-state index in [0.29, 0.717) is 4.47 Å². The average molecular weight is 300 g/mol. The van der Waals surface area contributed by atoms with E-state index in [1.54, 1.807) is 11.0 Å². The van der Waals surface area contributed by atoms with E-state index in [1.165, 1.54) is 6.07 Å². The Bertz CT molecular complexity index is 461. The normalized spacial score (nSPS) is 19.8. The molecule has 1 aliphatic heterocycles. The first-order valence-corrected chi connectivity index (χ1v) is 6.57. The maximum absolute atomic E-state index is 13.8. The smallest absolute Gasteiger partial charge is 0.258 e. The molecule has 1 aromatic rings. The summed E-state index contributed by atoms with van der Waals surface area (Å²) in [5.74, 6) is -0.658. The molecule has 4 heteroatoms. The van der Waals surface area contributed by atoms with Crippen LogP contribution in [-0.2, 0) is 0 Å². The fraction of sp³-hybridized carbons (Fsp3) is 0.462. The first kappa shape index (κ1) is 12.6. The quantitative estimate of drug-likeness (QED) is 0.777. The first-order chi connectivity index (χ1) is 8.02. The van der Waals surface area contributed by atoms with Gasteiger partial charge in [0, 0.05) is 17.1 Å². The van der Waals surface area contributed by atoms with E-state index >= 15 is 0 Å². The minimum Gasteiger partial charge on any atom is -0.336 e. The monoisotopic (exact) mass is 299 g/mol. The molecule has 0 aromatic heterocycles. The number of carbonyl (C=O) groups excluding carboxylic acids is 1. The number of carbonyl (C=O) groups is 1. The van der Waals surface area contributed by atoms with Crippen molar-refractivity contribution in [2.45, 2.75) is 32.7 Å². The van der Waals surface area contributed by atoms with E-state index in [1.807, 2.05) is 13.8 Å². The lowest BCUT2D eigenvalue weighted by atomic mass is 10.1. The van der Waals surface area contributed by atoms with Crippen LogP contribution in [0.2, 0.25) is 0 Å². The molecule has 0 spiro atoms. The minimum atomic E-state index is -0.452. The van der Waals surface area contributed by atoms with Crippen molar-refractivity contribution in [1.82, 2.24) is 4.90 Å². The fourth-order valence-corrected chi connectivity index (χ4v) is 2.72. The molecule has 1 heterocycles. The van der Waals surface area contributed by atoms with Crippen LogP contribution in [0.25, 0.3) is 0 Å². The number of aryl methyl sites for hydroxylation is 1. The molecule has 0 N–H and O–H groups in total. The fourth-order valence-electron chi connectivity index (χ4n) is 2.23. The molecular weight excluding hydrogens is 285 g/mol. The number of likely N-dealkylation sites (tertiary alicyclic amines) is 1. The Morgan fingerprint density at radius 3 is 2.82 bits per heavy atom. The van der Waals surface area contributed by atoms with Gasteiger partial charge in [-0.05, 0) is 54.2 Å². The van der Waals surface area contributed by atoms with Crippen LogP contribution in [-0.4, -0.2) is 23.4 Å². The van der Waals surface area contributed by atoms with Gasteiger partial charge in [0.1, 0.15) is 5.82 Å². The van der Waals surface area contributed by atoms with Gasteiger partial charge in [-0.3, -0.25) is 4.79 Å². The zero-order valence-electron chi connectivity index (χ0n) is 9.96. The molecule has 92 valence electrons. The predicted octanol–water partition coefficient (Wildman–Crippen LogP) is 3.52. The van der Waals surface area contributed by atoms with Crippen LogP contribution >= 0.6 is 15.9 Å². The largest absolute Gasteiger partial charge is 0.336 e. The Labute approximate surface area is 109 Å². The Morgan fingerprint density at radius 2 is 2.24 bits per heavy atom.